The molecule has 0 saturated carbocycles. The van der Waals surface area contributed by atoms with E-state index < -0.39 is 0 Å². The Morgan fingerprint density at radius 3 is 2.86 bits per heavy atom. The number of aromatic nitrogens is 2. The van der Waals surface area contributed by atoms with Crippen molar-refractivity contribution in [1.82, 2.24) is 19.6 Å². The summed E-state index contributed by atoms with van der Waals surface area (Å²) in [5, 5.41) is 12.1. The van der Waals surface area contributed by atoms with Crippen molar-refractivity contribution in [1.29, 1.82) is 5.26 Å². The number of hydrogen-bond donors (Lipinski definition) is 1. The molecule has 3 saturated heterocycles. The molecule has 6 nitrogen and oxygen atoms in total. The van der Waals surface area contributed by atoms with Crippen molar-refractivity contribution in [3.8, 4) is 6.07 Å². The van der Waals surface area contributed by atoms with Crippen LogP contribution in [-0.2, 0) is 0 Å². The topological polar surface area (TPSA) is 73.4 Å². The second-order valence-electron chi connectivity index (χ2n) is 6.12. The minimum absolute atomic E-state index is 0.124. The molecule has 22 heavy (non-hydrogen) atoms. The lowest BCUT2D eigenvalue weighted by molar-refractivity contribution is 0.0617. The number of rotatable bonds is 2. The van der Waals surface area contributed by atoms with Crippen LogP contribution in [0.2, 0.25) is 0 Å². The number of nitriles is 1. The third kappa shape index (κ3) is 2.14. The van der Waals surface area contributed by atoms with E-state index in [1.165, 1.54) is 12.8 Å². The summed E-state index contributed by atoms with van der Waals surface area (Å²) in [7, 11) is 0. The molecule has 3 aliphatic heterocycles. The molecule has 0 aliphatic carbocycles. The van der Waals surface area contributed by atoms with Crippen molar-refractivity contribution in [2.75, 3.05) is 19.6 Å². The molecule has 6 heteroatoms. The van der Waals surface area contributed by atoms with Crippen LogP contribution in [0.1, 0.15) is 29.0 Å². The Hall–Kier alpha value is -2.39. The molecular formula is C16H17N5O. The first-order valence-corrected chi connectivity index (χ1v) is 7.65. The van der Waals surface area contributed by atoms with Crippen LogP contribution in [0.5, 0.6) is 0 Å². The van der Waals surface area contributed by atoms with Gasteiger partial charge in [-0.1, -0.05) is 0 Å². The monoisotopic (exact) mass is 295 g/mol. The van der Waals surface area contributed by atoms with Gasteiger partial charge in [0.15, 0.2) is 0 Å². The standard InChI is InChI=1S/C16H17N5O/c17-8-13-2-1-12-7-14(18-10-21(12)13)16(22)19-15-9-20-5-3-11(15)4-6-20/h1-2,7,10-11,15H,3-6,9H2,(H,19,22)/t15-/m0/s1. The Bertz CT molecular complexity index is 766. The number of piperidine rings is 3. The molecule has 5 heterocycles. The zero-order chi connectivity index (χ0) is 15.1. The van der Waals surface area contributed by atoms with E-state index in [0.29, 0.717) is 17.3 Å². The van der Waals surface area contributed by atoms with E-state index in [0.717, 1.165) is 25.2 Å². The molecule has 1 atom stereocenters. The van der Waals surface area contributed by atoms with Crippen molar-refractivity contribution in [3.05, 3.63) is 35.9 Å². The molecule has 2 aromatic heterocycles. The van der Waals surface area contributed by atoms with Gasteiger partial charge in [0, 0.05) is 12.6 Å². The van der Waals surface area contributed by atoms with Gasteiger partial charge in [-0.2, -0.15) is 5.26 Å². The molecule has 0 spiro atoms. The zero-order valence-corrected chi connectivity index (χ0v) is 12.2. The molecule has 1 amide bonds. The van der Waals surface area contributed by atoms with E-state index in [1.807, 2.05) is 6.07 Å². The van der Waals surface area contributed by atoms with Crippen molar-refractivity contribution >= 4 is 11.4 Å². The lowest BCUT2D eigenvalue weighted by atomic mass is 9.84. The molecule has 5 rings (SSSR count). The van der Waals surface area contributed by atoms with E-state index >= 15 is 0 Å². The van der Waals surface area contributed by atoms with Gasteiger partial charge < -0.3 is 10.2 Å². The highest BCUT2D eigenvalue weighted by atomic mass is 16.2. The molecule has 3 aliphatic rings. The molecule has 0 radical (unpaired) electrons. The van der Waals surface area contributed by atoms with Crippen molar-refractivity contribution in [2.24, 2.45) is 5.92 Å². The van der Waals surface area contributed by atoms with Crippen LogP contribution in [0.4, 0.5) is 0 Å². The highest BCUT2D eigenvalue weighted by molar-refractivity contribution is 5.93. The van der Waals surface area contributed by atoms with Gasteiger partial charge in [0.25, 0.3) is 5.91 Å². The normalized spacial score (nSPS) is 26.8. The zero-order valence-electron chi connectivity index (χ0n) is 12.2. The number of carbonyl (C=O) groups excluding carboxylic acids is 1. The van der Waals surface area contributed by atoms with Crippen LogP contribution < -0.4 is 5.32 Å². The van der Waals surface area contributed by atoms with Gasteiger partial charge in [-0.05, 0) is 50.0 Å². The maximum absolute atomic E-state index is 12.4. The van der Waals surface area contributed by atoms with Crippen molar-refractivity contribution < 1.29 is 4.79 Å². The molecule has 2 bridgehead atoms. The van der Waals surface area contributed by atoms with Crippen LogP contribution >= 0.6 is 0 Å². The predicted molar refractivity (Wildman–Crippen MR) is 80.3 cm³/mol. The maximum Gasteiger partial charge on any atom is 0.270 e. The van der Waals surface area contributed by atoms with Gasteiger partial charge in [0.1, 0.15) is 23.8 Å². The molecule has 2 aromatic rings. The fraction of sp³-hybridized carbons (Fsp3) is 0.438. The average Bonchev–Trinajstić information content (AvgIpc) is 2.98. The Morgan fingerprint density at radius 1 is 1.36 bits per heavy atom. The van der Waals surface area contributed by atoms with E-state index in [-0.39, 0.29) is 11.9 Å². The maximum atomic E-state index is 12.4. The first-order valence-electron chi connectivity index (χ1n) is 7.65. The molecule has 0 unspecified atom stereocenters. The van der Waals surface area contributed by atoms with Crippen LogP contribution in [0.3, 0.4) is 0 Å². The Morgan fingerprint density at radius 2 is 2.18 bits per heavy atom. The lowest BCUT2D eigenvalue weighted by Gasteiger charge is -2.44. The number of amides is 1. The summed E-state index contributed by atoms with van der Waals surface area (Å²) < 4.78 is 1.69. The first kappa shape index (κ1) is 13.3. The Kier molecular flexibility index (Phi) is 3.09. The molecule has 0 aromatic carbocycles. The number of carbonyl (C=O) groups is 1. The Balaban J connectivity index is 1.54. The van der Waals surface area contributed by atoms with E-state index in [9.17, 15) is 4.79 Å². The number of fused-ring (bicyclic) bond motifs is 4. The minimum Gasteiger partial charge on any atom is -0.346 e. The van der Waals surface area contributed by atoms with Crippen molar-refractivity contribution in [3.63, 3.8) is 0 Å². The lowest BCUT2D eigenvalue weighted by Crippen LogP contribution is -2.57. The number of hydrogen-bond acceptors (Lipinski definition) is 4. The van der Waals surface area contributed by atoms with E-state index in [2.05, 4.69) is 21.3 Å². The summed E-state index contributed by atoms with van der Waals surface area (Å²) in [6.07, 6.45) is 3.88. The number of nitrogens with one attached hydrogen (secondary N) is 1. The summed E-state index contributed by atoms with van der Waals surface area (Å²) in [5.41, 5.74) is 1.74. The predicted octanol–water partition coefficient (Wildman–Crippen LogP) is 1.03. The number of nitrogens with zero attached hydrogens (tertiary/aromatic N) is 4. The largest absolute Gasteiger partial charge is 0.346 e. The van der Waals surface area contributed by atoms with E-state index in [1.54, 1.807) is 22.9 Å². The fourth-order valence-electron chi connectivity index (χ4n) is 3.59. The van der Waals surface area contributed by atoms with Gasteiger partial charge in [0.2, 0.25) is 0 Å². The second kappa shape index (κ2) is 5.11. The quantitative estimate of drug-likeness (QED) is 0.898. The summed E-state index contributed by atoms with van der Waals surface area (Å²) in [6, 6.07) is 7.62. The van der Waals surface area contributed by atoms with Crippen molar-refractivity contribution in [2.45, 2.75) is 18.9 Å². The Labute approximate surface area is 128 Å². The first-order chi connectivity index (χ1) is 10.7. The van der Waals surface area contributed by atoms with Crippen LogP contribution in [0, 0.1) is 17.2 Å². The van der Waals surface area contributed by atoms with Gasteiger partial charge in [-0.25, -0.2) is 4.98 Å². The highest BCUT2D eigenvalue weighted by Gasteiger charge is 2.35. The summed E-state index contributed by atoms with van der Waals surface area (Å²) in [4.78, 5) is 19.1. The smallest absolute Gasteiger partial charge is 0.270 e. The molecular weight excluding hydrogens is 278 g/mol. The summed E-state index contributed by atoms with van der Waals surface area (Å²) >= 11 is 0. The van der Waals surface area contributed by atoms with E-state index in [4.69, 9.17) is 5.26 Å². The third-order valence-electron chi connectivity index (χ3n) is 4.87. The third-order valence-corrected chi connectivity index (χ3v) is 4.87. The van der Waals surface area contributed by atoms with Crippen LogP contribution in [-0.4, -0.2) is 45.9 Å². The highest BCUT2D eigenvalue weighted by Crippen LogP contribution is 2.27. The fourth-order valence-corrected chi connectivity index (χ4v) is 3.59. The van der Waals surface area contributed by atoms with Gasteiger partial charge >= 0.3 is 0 Å². The van der Waals surface area contributed by atoms with Gasteiger partial charge in [0.05, 0.1) is 5.52 Å². The van der Waals surface area contributed by atoms with Gasteiger partial charge in [-0.15, -0.1) is 0 Å². The van der Waals surface area contributed by atoms with Gasteiger partial charge in [-0.3, -0.25) is 9.20 Å². The van der Waals surface area contributed by atoms with Crippen LogP contribution in [0.25, 0.3) is 5.52 Å². The van der Waals surface area contributed by atoms with Crippen LogP contribution in [0.15, 0.2) is 24.5 Å². The average molecular weight is 295 g/mol. The second-order valence-corrected chi connectivity index (χ2v) is 6.12. The minimum atomic E-state index is -0.124. The summed E-state index contributed by atoms with van der Waals surface area (Å²) in [5.74, 6) is 0.470. The SMILES string of the molecule is N#Cc1ccc2cc(C(=O)N[C@H]3CN4CCC3CC4)ncn12. The molecule has 1 N–H and O–H groups in total. The molecule has 3 fully saturated rings. The molecule has 112 valence electrons. The summed E-state index contributed by atoms with van der Waals surface area (Å²) in [6.45, 7) is 3.26.